The molecule has 1 aromatic carbocycles. The van der Waals surface area contributed by atoms with E-state index in [4.69, 9.17) is 14.5 Å². The standard InChI is InChI=1S/C21H18N8O2/c1-30-17-11-16(6-7-23-17)20-25-26-21-28(8-3-9-29(20)21)13-18-24-19(27-31-18)15-5-2-4-14(10-15)12-22/h2,4-7,10-11H,3,8-9,13H2,1H3. The fraction of sp³-hybridized carbons (Fsp3) is 0.238. The van der Waals surface area contributed by atoms with Gasteiger partial charge in [-0.15, -0.1) is 10.2 Å². The highest BCUT2D eigenvalue weighted by atomic mass is 16.5. The fourth-order valence-electron chi connectivity index (χ4n) is 3.61. The van der Waals surface area contributed by atoms with Crippen LogP contribution in [0.2, 0.25) is 0 Å². The van der Waals surface area contributed by atoms with Gasteiger partial charge in [-0.05, 0) is 24.6 Å². The quantitative estimate of drug-likeness (QED) is 0.485. The number of anilines is 1. The van der Waals surface area contributed by atoms with E-state index in [1.165, 1.54) is 0 Å². The Morgan fingerprint density at radius 1 is 1.16 bits per heavy atom. The molecule has 4 heterocycles. The Hall–Kier alpha value is -4.26. The second kappa shape index (κ2) is 7.87. The van der Waals surface area contributed by atoms with E-state index in [0.29, 0.717) is 29.7 Å². The van der Waals surface area contributed by atoms with Crippen LogP contribution in [0.15, 0.2) is 47.1 Å². The third-order valence-corrected chi connectivity index (χ3v) is 5.07. The van der Waals surface area contributed by atoms with Crippen LogP contribution in [-0.2, 0) is 13.1 Å². The number of hydrogen-bond acceptors (Lipinski definition) is 9. The molecule has 10 nitrogen and oxygen atoms in total. The molecule has 154 valence electrons. The largest absolute Gasteiger partial charge is 0.481 e. The number of pyridine rings is 1. The predicted molar refractivity (Wildman–Crippen MR) is 110 cm³/mol. The van der Waals surface area contributed by atoms with Crippen LogP contribution in [0.1, 0.15) is 17.9 Å². The summed E-state index contributed by atoms with van der Waals surface area (Å²) in [6.07, 6.45) is 2.63. The molecule has 1 aliphatic rings. The molecule has 0 bridgehead atoms. The number of nitrogens with zero attached hydrogens (tertiary/aromatic N) is 8. The lowest BCUT2D eigenvalue weighted by Crippen LogP contribution is -2.32. The molecule has 31 heavy (non-hydrogen) atoms. The van der Waals surface area contributed by atoms with Crippen LogP contribution in [0, 0.1) is 11.3 Å². The van der Waals surface area contributed by atoms with Crippen LogP contribution in [0.3, 0.4) is 0 Å². The Morgan fingerprint density at radius 3 is 2.97 bits per heavy atom. The van der Waals surface area contributed by atoms with Crippen LogP contribution in [0.4, 0.5) is 5.95 Å². The first-order valence-electron chi connectivity index (χ1n) is 9.77. The number of benzene rings is 1. The minimum atomic E-state index is 0.419. The van der Waals surface area contributed by atoms with Crippen LogP contribution in [0.5, 0.6) is 5.88 Å². The number of nitriles is 1. The molecule has 3 aromatic heterocycles. The summed E-state index contributed by atoms with van der Waals surface area (Å²) in [5.74, 6) is 2.97. The summed E-state index contributed by atoms with van der Waals surface area (Å²) >= 11 is 0. The molecule has 0 atom stereocenters. The van der Waals surface area contributed by atoms with Gasteiger partial charge in [0.15, 0.2) is 5.82 Å². The summed E-state index contributed by atoms with van der Waals surface area (Å²) < 4.78 is 12.8. The Kier molecular flexibility index (Phi) is 4.76. The smallest absolute Gasteiger partial charge is 0.246 e. The molecule has 0 unspecified atom stereocenters. The monoisotopic (exact) mass is 414 g/mol. The lowest BCUT2D eigenvalue weighted by Gasteiger charge is -2.27. The molecule has 5 rings (SSSR count). The van der Waals surface area contributed by atoms with Gasteiger partial charge < -0.3 is 14.2 Å². The first-order valence-corrected chi connectivity index (χ1v) is 9.77. The predicted octanol–water partition coefficient (Wildman–Crippen LogP) is 2.68. The van der Waals surface area contributed by atoms with Gasteiger partial charge in [-0.25, -0.2) is 4.98 Å². The topological polar surface area (TPSA) is 119 Å². The Balaban J connectivity index is 1.40. The average molecular weight is 414 g/mol. The van der Waals surface area contributed by atoms with Crippen molar-refractivity contribution in [2.24, 2.45) is 0 Å². The molecule has 0 saturated heterocycles. The van der Waals surface area contributed by atoms with Crippen molar-refractivity contribution in [1.82, 2.24) is 29.9 Å². The van der Waals surface area contributed by atoms with Crippen LogP contribution >= 0.6 is 0 Å². The van der Waals surface area contributed by atoms with Crippen molar-refractivity contribution in [2.45, 2.75) is 19.5 Å². The molecule has 0 aliphatic carbocycles. The molecule has 4 aromatic rings. The van der Waals surface area contributed by atoms with Gasteiger partial charge in [0.2, 0.25) is 23.5 Å². The molecular formula is C21H18N8O2. The molecular weight excluding hydrogens is 396 g/mol. The van der Waals surface area contributed by atoms with Crippen molar-refractivity contribution in [1.29, 1.82) is 5.26 Å². The maximum absolute atomic E-state index is 9.09. The van der Waals surface area contributed by atoms with Crippen molar-refractivity contribution >= 4 is 5.95 Å². The SMILES string of the molecule is COc1cc(-c2nnc3n2CCCN3Cc2nc(-c3cccc(C#N)c3)no2)ccn1. The van der Waals surface area contributed by atoms with Crippen molar-refractivity contribution in [2.75, 3.05) is 18.6 Å². The zero-order valence-corrected chi connectivity index (χ0v) is 16.8. The summed E-state index contributed by atoms with van der Waals surface area (Å²) in [5.41, 5.74) is 2.18. The van der Waals surface area contributed by atoms with E-state index in [-0.39, 0.29) is 0 Å². The highest BCUT2D eigenvalue weighted by Crippen LogP contribution is 2.28. The second-order valence-corrected chi connectivity index (χ2v) is 7.04. The summed E-state index contributed by atoms with van der Waals surface area (Å²) in [6.45, 7) is 2.04. The first-order chi connectivity index (χ1) is 15.2. The fourth-order valence-corrected chi connectivity index (χ4v) is 3.61. The van der Waals surface area contributed by atoms with E-state index in [0.717, 1.165) is 42.4 Å². The maximum Gasteiger partial charge on any atom is 0.246 e. The molecule has 0 amide bonds. The van der Waals surface area contributed by atoms with Crippen molar-refractivity contribution in [3.8, 4) is 34.7 Å². The summed E-state index contributed by atoms with van der Waals surface area (Å²) in [6, 6.07) is 13.0. The van der Waals surface area contributed by atoms with Gasteiger partial charge in [-0.1, -0.05) is 17.3 Å². The van der Waals surface area contributed by atoms with E-state index < -0.39 is 0 Å². The molecule has 1 aliphatic heterocycles. The van der Waals surface area contributed by atoms with Gasteiger partial charge in [0.05, 0.1) is 18.7 Å². The Labute approximate surface area is 177 Å². The summed E-state index contributed by atoms with van der Waals surface area (Å²) in [4.78, 5) is 10.7. The maximum atomic E-state index is 9.09. The zero-order chi connectivity index (χ0) is 21.2. The number of rotatable bonds is 5. The van der Waals surface area contributed by atoms with Gasteiger partial charge in [0.1, 0.15) is 6.54 Å². The molecule has 0 saturated carbocycles. The van der Waals surface area contributed by atoms with Crippen molar-refractivity contribution in [3.63, 3.8) is 0 Å². The minimum Gasteiger partial charge on any atom is -0.481 e. The number of methoxy groups -OCH3 is 1. The summed E-state index contributed by atoms with van der Waals surface area (Å²) in [5, 5.41) is 22.0. The van der Waals surface area contributed by atoms with Crippen molar-refractivity contribution in [3.05, 3.63) is 54.0 Å². The normalized spacial score (nSPS) is 13.0. The van der Waals surface area contributed by atoms with Crippen LogP contribution < -0.4 is 9.64 Å². The van der Waals surface area contributed by atoms with Crippen LogP contribution in [0.25, 0.3) is 22.8 Å². The molecule has 0 N–H and O–H groups in total. The Bertz CT molecular complexity index is 1270. The van der Waals surface area contributed by atoms with Gasteiger partial charge in [0.25, 0.3) is 0 Å². The van der Waals surface area contributed by atoms with Gasteiger partial charge >= 0.3 is 0 Å². The number of ether oxygens (including phenoxy) is 1. The second-order valence-electron chi connectivity index (χ2n) is 7.04. The van der Waals surface area contributed by atoms with Gasteiger partial charge in [-0.2, -0.15) is 10.2 Å². The highest BCUT2D eigenvalue weighted by Gasteiger charge is 2.25. The van der Waals surface area contributed by atoms with Crippen molar-refractivity contribution < 1.29 is 9.26 Å². The minimum absolute atomic E-state index is 0.419. The van der Waals surface area contributed by atoms with Gasteiger partial charge in [-0.3, -0.25) is 4.57 Å². The van der Waals surface area contributed by atoms with E-state index in [9.17, 15) is 0 Å². The molecule has 0 spiro atoms. The molecule has 10 heteroatoms. The first kappa shape index (κ1) is 18.7. The third kappa shape index (κ3) is 3.57. The van der Waals surface area contributed by atoms with Crippen LogP contribution in [-0.4, -0.2) is 43.5 Å². The summed E-state index contributed by atoms with van der Waals surface area (Å²) in [7, 11) is 1.59. The zero-order valence-electron chi connectivity index (χ0n) is 16.8. The highest BCUT2D eigenvalue weighted by molar-refractivity contribution is 5.59. The van der Waals surface area contributed by atoms with E-state index in [1.807, 2.05) is 18.2 Å². The van der Waals surface area contributed by atoms with E-state index in [1.54, 1.807) is 31.5 Å². The molecule has 0 radical (unpaired) electrons. The van der Waals surface area contributed by atoms with E-state index >= 15 is 0 Å². The number of fused-ring (bicyclic) bond motifs is 1. The lowest BCUT2D eigenvalue weighted by molar-refractivity contribution is 0.372. The molecule has 0 fully saturated rings. The number of aromatic nitrogens is 6. The lowest BCUT2D eigenvalue weighted by atomic mass is 10.1. The number of hydrogen-bond donors (Lipinski definition) is 0. The van der Waals surface area contributed by atoms with Gasteiger partial charge in [0, 0.05) is 36.5 Å². The third-order valence-electron chi connectivity index (χ3n) is 5.07. The van der Waals surface area contributed by atoms with E-state index in [2.05, 4.69) is 40.9 Å². The Morgan fingerprint density at radius 2 is 2.10 bits per heavy atom. The average Bonchev–Trinajstić information content (AvgIpc) is 3.47.